The van der Waals surface area contributed by atoms with E-state index in [2.05, 4.69) is 12.1 Å². The van der Waals surface area contributed by atoms with Gasteiger partial charge in [-0.2, -0.15) is 0 Å². The van der Waals surface area contributed by atoms with Crippen molar-refractivity contribution >= 4 is 23.1 Å². The van der Waals surface area contributed by atoms with Crippen LogP contribution in [0.4, 0.5) is 0 Å². The van der Waals surface area contributed by atoms with Crippen molar-refractivity contribution in [3.63, 3.8) is 0 Å². The molecule has 1 atom stereocenters. The average molecular weight is 267 g/mol. The number of carbonyl (C=O) groups excluding carboxylic acids is 1. The van der Waals surface area contributed by atoms with Gasteiger partial charge in [0.1, 0.15) is 0 Å². The van der Waals surface area contributed by atoms with Crippen molar-refractivity contribution in [2.75, 3.05) is 6.54 Å². The Morgan fingerprint density at radius 1 is 1.67 bits per heavy atom. The smallest absolute Gasteiger partial charge is 0.264 e. The summed E-state index contributed by atoms with van der Waals surface area (Å²) in [5.74, 6) is 0.0990. The number of amides is 1. The Hall–Kier alpha value is -1.56. The van der Waals surface area contributed by atoms with Gasteiger partial charge in [-0.05, 0) is 31.4 Å². The Morgan fingerprint density at radius 2 is 2.44 bits per heavy atom. The highest BCUT2D eigenvalue weighted by Crippen LogP contribution is 2.24. The zero-order valence-electron chi connectivity index (χ0n) is 10.3. The third kappa shape index (κ3) is 2.33. The normalized spacial score (nSPS) is 20.4. The van der Waals surface area contributed by atoms with Gasteiger partial charge in [-0.15, -0.1) is 11.3 Å². The highest BCUT2D eigenvalue weighted by atomic mass is 32.1. The van der Waals surface area contributed by atoms with E-state index in [-0.39, 0.29) is 17.8 Å². The van der Waals surface area contributed by atoms with Gasteiger partial charge in [0.25, 0.3) is 5.91 Å². The van der Waals surface area contributed by atoms with Crippen LogP contribution < -0.4 is 5.73 Å². The maximum absolute atomic E-state index is 12.4. The van der Waals surface area contributed by atoms with E-state index >= 15 is 0 Å². The number of amidine groups is 1. The molecule has 1 aromatic rings. The molecule has 3 N–H and O–H groups in total. The van der Waals surface area contributed by atoms with Gasteiger partial charge in [0.05, 0.1) is 10.9 Å². The minimum Gasteiger partial charge on any atom is -0.409 e. The summed E-state index contributed by atoms with van der Waals surface area (Å²) in [4.78, 5) is 16.0. The lowest BCUT2D eigenvalue weighted by Crippen LogP contribution is -2.43. The molecule has 1 saturated heterocycles. The topological polar surface area (TPSA) is 78.9 Å². The number of likely N-dealkylation sites (tertiary alicyclic amines) is 1. The first kappa shape index (κ1) is 12.9. The van der Waals surface area contributed by atoms with Crippen molar-refractivity contribution < 1.29 is 10.0 Å². The number of oxime groups is 1. The molecule has 0 aliphatic carbocycles. The molecule has 5 nitrogen and oxygen atoms in total. The Morgan fingerprint density at radius 3 is 3.06 bits per heavy atom. The molecular formula is C12H17N3O2S. The van der Waals surface area contributed by atoms with E-state index in [1.807, 2.05) is 12.1 Å². The molecule has 1 aromatic heterocycles. The van der Waals surface area contributed by atoms with Gasteiger partial charge in [0, 0.05) is 11.4 Å². The molecule has 1 aliphatic rings. The van der Waals surface area contributed by atoms with Gasteiger partial charge in [-0.25, -0.2) is 0 Å². The largest absolute Gasteiger partial charge is 0.409 e. The van der Waals surface area contributed by atoms with Crippen molar-refractivity contribution in [2.45, 2.75) is 32.2 Å². The standard InChI is InChI=1S/C12H17N3O2S/c1-2-8-5-6-10(18-8)12(16)15-7-3-4-9(15)11(13)14-17/h5-6,9,17H,2-4,7H2,1H3,(H2,13,14). The molecule has 0 radical (unpaired) electrons. The summed E-state index contributed by atoms with van der Waals surface area (Å²) in [5.41, 5.74) is 5.63. The quantitative estimate of drug-likeness (QED) is 0.378. The fourth-order valence-electron chi connectivity index (χ4n) is 2.21. The van der Waals surface area contributed by atoms with E-state index < -0.39 is 0 Å². The Kier molecular flexibility index (Phi) is 3.86. The molecule has 2 heterocycles. The predicted octanol–water partition coefficient (Wildman–Crippen LogP) is 1.66. The van der Waals surface area contributed by atoms with Gasteiger partial charge >= 0.3 is 0 Å². The summed E-state index contributed by atoms with van der Waals surface area (Å²) in [7, 11) is 0. The molecule has 0 spiro atoms. The Labute approximate surface area is 110 Å². The molecule has 1 amide bonds. The SMILES string of the molecule is CCc1ccc(C(=O)N2CCCC2C(N)=NO)s1. The van der Waals surface area contributed by atoms with E-state index in [4.69, 9.17) is 10.9 Å². The molecule has 1 aliphatic heterocycles. The van der Waals surface area contributed by atoms with Crippen LogP contribution in [0.2, 0.25) is 0 Å². The minimum atomic E-state index is -0.269. The van der Waals surface area contributed by atoms with Gasteiger partial charge in [-0.1, -0.05) is 12.1 Å². The van der Waals surface area contributed by atoms with Crippen molar-refractivity contribution in [3.8, 4) is 0 Å². The van der Waals surface area contributed by atoms with E-state index in [1.165, 1.54) is 16.2 Å². The zero-order valence-corrected chi connectivity index (χ0v) is 11.1. The molecule has 1 fully saturated rings. The Bertz CT molecular complexity index is 470. The molecule has 0 aromatic carbocycles. The summed E-state index contributed by atoms with van der Waals surface area (Å²) in [6.45, 7) is 2.73. The van der Waals surface area contributed by atoms with Crippen LogP contribution in [0.5, 0.6) is 0 Å². The maximum Gasteiger partial charge on any atom is 0.264 e. The van der Waals surface area contributed by atoms with Crippen molar-refractivity contribution in [3.05, 3.63) is 21.9 Å². The van der Waals surface area contributed by atoms with Crippen LogP contribution >= 0.6 is 11.3 Å². The number of rotatable bonds is 3. The fraction of sp³-hybridized carbons (Fsp3) is 0.500. The number of nitrogens with zero attached hydrogens (tertiary/aromatic N) is 2. The average Bonchev–Trinajstić information content (AvgIpc) is 3.05. The molecule has 0 bridgehead atoms. The van der Waals surface area contributed by atoms with Crippen LogP contribution in [0.3, 0.4) is 0 Å². The molecular weight excluding hydrogens is 250 g/mol. The lowest BCUT2D eigenvalue weighted by atomic mass is 10.2. The Balaban J connectivity index is 2.17. The molecule has 98 valence electrons. The van der Waals surface area contributed by atoms with Crippen LogP contribution in [-0.4, -0.2) is 34.4 Å². The first-order valence-corrected chi connectivity index (χ1v) is 6.86. The lowest BCUT2D eigenvalue weighted by molar-refractivity contribution is 0.0772. The lowest BCUT2D eigenvalue weighted by Gasteiger charge is -2.22. The first-order chi connectivity index (χ1) is 8.67. The van der Waals surface area contributed by atoms with Gasteiger partial charge in [-0.3, -0.25) is 4.79 Å². The molecule has 0 saturated carbocycles. The van der Waals surface area contributed by atoms with E-state index in [0.29, 0.717) is 6.54 Å². The molecule has 18 heavy (non-hydrogen) atoms. The number of hydrogen-bond donors (Lipinski definition) is 2. The van der Waals surface area contributed by atoms with E-state index in [0.717, 1.165) is 24.1 Å². The first-order valence-electron chi connectivity index (χ1n) is 6.04. The third-order valence-electron chi connectivity index (χ3n) is 3.19. The highest BCUT2D eigenvalue weighted by Gasteiger charge is 2.32. The van der Waals surface area contributed by atoms with Crippen molar-refractivity contribution in [1.82, 2.24) is 4.90 Å². The summed E-state index contributed by atoms with van der Waals surface area (Å²) >= 11 is 1.51. The summed E-state index contributed by atoms with van der Waals surface area (Å²) in [6, 6.07) is 3.56. The van der Waals surface area contributed by atoms with Crippen LogP contribution in [0.15, 0.2) is 17.3 Å². The third-order valence-corrected chi connectivity index (χ3v) is 4.41. The zero-order chi connectivity index (χ0) is 13.1. The number of nitrogens with two attached hydrogens (primary N) is 1. The highest BCUT2D eigenvalue weighted by molar-refractivity contribution is 7.14. The molecule has 1 unspecified atom stereocenters. The predicted molar refractivity (Wildman–Crippen MR) is 71.2 cm³/mol. The minimum absolute atomic E-state index is 0.0196. The summed E-state index contributed by atoms with van der Waals surface area (Å²) < 4.78 is 0. The van der Waals surface area contributed by atoms with Gasteiger partial charge in [0.2, 0.25) is 0 Å². The van der Waals surface area contributed by atoms with Gasteiger partial charge < -0.3 is 15.8 Å². The second-order valence-corrected chi connectivity index (χ2v) is 5.47. The number of aryl methyl sites for hydroxylation is 1. The van der Waals surface area contributed by atoms with E-state index in [9.17, 15) is 4.79 Å². The van der Waals surface area contributed by atoms with Crippen molar-refractivity contribution in [2.24, 2.45) is 10.9 Å². The van der Waals surface area contributed by atoms with Crippen LogP contribution in [-0.2, 0) is 6.42 Å². The van der Waals surface area contributed by atoms with Crippen LogP contribution in [0.1, 0.15) is 34.3 Å². The number of thiophene rings is 1. The summed E-state index contributed by atoms with van der Waals surface area (Å²) in [6.07, 6.45) is 2.58. The molecule has 6 heteroatoms. The second kappa shape index (κ2) is 5.39. The van der Waals surface area contributed by atoms with E-state index in [1.54, 1.807) is 4.90 Å². The number of carbonyl (C=O) groups is 1. The maximum atomic E-state index is 12.4. The van der Waals surface area contributed by atoms with Crippen LogP contribution in [0.25, 0.3) is 0 Å². The molecule has 2 rings (SSSR count). The second-order valence-electron chi connectivity index (χ2n) is 4.30. The van der Waals surface area contributed by atoms with Crippen molar-refractivity contribution in [1.29, 1.82) is 0 Å². The summed E-state index contributed by atoms with van der Waals surface area (Å²) in [5, 5.41) is 11.8. The van der Waals surface area contributed by atoms with Gasteiger partial charge in [0.15, 0.2) is 5.84 Å². The monoisotopic (exact) mass is 267 g/mol. The fourth-order valence-corrected chi connectivity index (χ4v) is 3.11. The van der Waals surface area contributed by atoms with Crippen LogP contribution in [0, 0.1) is 0 Å². The number of hydrogen-bond acceptors (Lipinski definition) is 4.